The molecule has 1 aromatic carbocycles. The van der Waals surface area contributed by atoms with Gasteiger partial charge in [0.05, 0.1) is 5.60 Å². The van der Waals surface area contributed by atoms with Gasteiger partial charge in [-0.05, 0) is 31.4 Å². The third kappa shape index (κ3) is 3.23. The van der Waals surface area contributed by atoms with Gasteiger partial charge in [-0.3, -0.25) is 0 Å². The lowest BCUT2D eigenvalue weighted by Gasteiger charge is -2.26. The molecule has 0 unspecified atom stereocenters. The van der Waals surface area contributed by atoms with Crippen LogP contribution in [0, 0.1) is 6.92 Å². The summed E-state index contributed by atoms with van der Waals surface area (Å²) in [4.78, 5) is 11.1. The van der Waals surface area contributed by atoms with Gasteiger partial charge in [-0.2, -0.15) is 0 Å². The van der Waals surface area contributed by atoms with E-state index in [0.29, 0.717) is 18.6 Å². The van der Waals surface area contributed by atoms with Crippen LogP contribution in [0.3, 0.4) is 0 Å². The molecule has 0 aliphatic carbocycles. The lowest BCUT2D eigenvalue weighted by atomic mass is 9.99. The molecule has 100 valence electrons. The largest absolute Gasteiger partial charge is 0.489 e. The van der Waals surface area contributed by atoms with E-state index in [1.165, 1.54) is 6.07 Å². The van der Waals surface area contributed by atoms with Gasteiger partial charge in [0.1, 0.15) is 17.9 Å². The Morgan fingerprint density at radius 3 is 2.44 bits per heavy atom. The standard InChI is InChI=1S/C14H20O4/c1-4-14(17,5-2)9-18-12-10(3)7-6-8-11(12)13(15)16/h6-8,17H,4-5,9H2,1-3H3,(H,15,16). The summed E-state index contributed by atoms with van der Waals surface area (Å²) in [5.41, 5.74) is -0.0214. The molecule has 0 aromatic heterocycles. The minimum atomic E-state index is -1.02. The van der Waals surface area contributed by atoms with Crippen LogP contribution in [0.25, 0.3) is 0 Å². The Morgan fingerprint density at radius 2 is 1.94 bits per heavy atom. The number of carboxylic acids is 1. The third-order valence-corrected chi connectivity index (χ3v) is 3.24. The number of aryl methyl sites for hydroxylation is 1. The molecule has 0 atom stereocenters. The first-order chi connectivity index (χ1) is 8.43. The molecule has 0 spiro atoms. The van der Waals surface area contributed by atoms with Crippen molar-refractivity contribution in [2.24, 2.45) is 0 Å². The number of carbonyl (C=O) groups is 1. The summed E-state index contributed by atoms with van der Waals surface area (Å²) >= 11 is 0. The summed E-state index contributed by atoms with van der Waals surface area (Å²) in [6.45, 7) is 5.65. The zero-order valence-electron chi connectivity index (χ0n) is 11.1. The van der Waals surface area contributed by atoms with Crippen molar-refractivity contribution in [2.75, 3.05) is 6.61 Å². The van der Waals surface area contributed by atoms with E-state index in [9.17, 15) is 9.90 Å². The van der Waals surface area contributed by atoms with Crippen molar-refractivity contribution in [3.05, 3.63) is 29.3 Å². The van der Waals surface area contributed by atoms with E-state index in [0.717, 1.165) is 5.56 Å². The third-order valence-electron chi connectivity index (χ3n) is 3.24. The van der Waals surface area contributed by atoms with Crippen molar-refractivity contribution in [1.82, 2.24) is 0 Å². The molecule has 0 fully saturated rings. The van der Waals surface area contributed by atoms with Crippen LogP contribution in [-0.2, 0) is 0 Å². The highest BCUT2D eigenvalue weighted by molar-refractivity contribution is 5.91. The second-order valence-electron chi connectivity index (χ2n) is 4.48. The van der Waals surface area contributed by atoms with E-state index in [-0.39, 0.29) is 12.2 Å². The molecule has 0 radical (unpaired) electrons. The second-order valence-corrected chi connectivity index (χ2v) is 4.48. The van der Waals surface area contributed by atoms with Crippen molar-refractivity contribution in [3.63, 3.8) is 0 Å². The van der Waals surface area contributed by atoms with Crippen LogP contribution in [0.4, 0.5) is 0 Å². The van der Waals surface area contributed by atoms with Gasteiger partial charge in [-0.25, -0.2) is 4.79 Å². The highest BCUT2D eigenvalue weighted by atomic mass is 16.5. The van der Waals surface area contributed by atoms with Gasteiger partial charge >= 0.3 is 5.97 Å². The molecule has 0 amide bonds. The maximum Gasteiger partial charge on any atom is 0.339 e. The monoisotopic (exact) mass is 252 g/mol. The van der Waals surface area contributed by atoms with Crippen LogP contribution in [0.5, 0.6) is 5.75 Å². The van der Waals surface area contributed by atoms with Crippen molar-refractivity contribution in [2.45, 2.75) is 39.2 Å². The zero-order chi connectivity index (χ0) is 13.8. The number of hydrogen-bond acceptors (Lipinski definition) is 3. The van der Waals surface area contributed by atoms with Crippen molar-refractivity contribution >= 4 is 5.97 Å². The quantitative estimate of drug-likeness (QED) is 0.816. The molecule has 0 bridgehead atoms. The molecule has 1 rings (SSSR count). The molecule has 4 heteroatoms. The van der Waals surface area contributed by atoms with E-state index >= 15 is 0 Å². The molecule has 0 aliphatic heterocycles. The Morgan fingerprint density at radius 1 is 1.33 bits per heavy atom. The number of aromatic carboxylic acids is 1. The Bertz CT molecular complexity index is 422. The van der Waals surface area contributed by atoms with Crippen molar-refractivity contribution in [3.8, 4) is 5.75 Å². The Balaban J connectivity index is 2.94. The highest BCUT2D eigenvalue weighted by Crippen LogP contribution is 2.25. The van der Waals surface area contributed by atoms with Crippen LogP contribution in [0.2, 0.25) is 0 Å². The van der Waals surface area contributed by atoms with Crippen LogP contribution in [-0.4, -0.2) is 28.4 Å². The number of aliphatic hydroxyl groups is 1. The second kappa shape index (κ2) is 5.87. The predicted molar refractivity (Wildman–Crippen MR) is 69.2 cm³/mol. The smallest absolute Gasteiger partial charge is 0.339 e. The molecule has 18 heavy (non-hydrogen) atoms. The molecule has 0 saturated carbocycles. The number of benzene rings is 1. The molecular formula is C14H20O4. The minimum absolute atomic E-state index is 0.102. The fraction of sp³-hybridized carbons (Fsp3) is 0.500. The lowest BCUT2D eigenvalue weighted by molar-refractivity contribution is -0.0119. The van der Waals surface area contributed by atoms with E-state index in [1.807, 2.05) is 13.8 Å². The molecule has 2 N–H and O–H groups in total. The average molecular weight is 252 g/mol. The lowest BCUT2D eigenvalue weighted by Crippen LogP contribution is -2.34. The molecule has 4 nitrogen and oxygen atoms in total. The van der Waals surface area contributed by atoms with Gasteiger partial charge in [0.15, 0.2) is 0 Å². The molecule has 1 aromatic rings. The molecule has 0 heterocycles. The van der Waals surface area contributed by atoms with E-state index in [2.05, 4.69) is 0 Å². The average Bonchev–Trinajstić information content (AvgIpc) is 2.36. The number of hydrogen-bond donors (Lipinski definition) is 2. The first-order valence-corrected chi connectivity index (χ1v) is 6.11. The topological polar surface area (TPSA) is 66.8 Å². The summed E-state index contributed by atoms with van der Waals surface area (Å²) in [6, 6.07) is 4.97. The molecule has 0 aliphatic rings. The molecular weight excluding hydrogens is 232 g/mol. The summed E-state index contributed by atoms with van der Waals surface area (Å²) in [6.07, 6.45) is 1.13. The fourth-order valence-electron chi connectivity index (χ4n) is 1.67. The normalized spacial score (nSPS) is 11.3. The van der Waals surface area contributed by atoms with Gasteiger partial charge in [-0.1, -0.05) is 26.0 Å². The van der Waals surface area contributed by atoms with Gasteiger partial charge in [0.2, 0.25) is 0 Å². The Hall–Kier alpha value is -1.55. The number of para-hydroxylation sites is 1. The van der Waals surface area contributed by atoms with Gasteiger partial charge in [0, 0.05) is 0 Å². The summed E-state index contributed by atoms with van der Waals surface area (Å²) < 4.78 is 5.55. The molecule has 0 saturated heterocycles. The van der Waals surface area contributed by atoms with Crippen LogP contribution < -0.4 is 4.74 Å². The summed E-state index contributed by atoms with van der Waals surface area (Å²) in [7, 11) is 0. The van der Waals surface area contributed by atoms with Gasteiger partial charge in [0.25, 0.3) is 0 Å². The van der Waals surface area contributed by atoms with E-state index in [1.54, 1.807) is 19.1 Å². The van der Waals surface area contributed by atoms with Crippen LogP contribution >= 0.6 is 0 Å². The van der Waals surface area contributed by atoms with E-state index in [4.69, 9.17) is 9.84 Å². The van der Waals surface area contributed by atoms with Crippen LogP contribution in [0.1, 0.15) is 42.6 Å². The fourth-order valence-corrected chi connectivity index (χ4v) is 1.67. The predicted octanol–water partition coefficient (Wildman–Crippen LogP) is 2.62. The first kappa shape index (κ1) is 14.5. The van der Waals surface area contributed by atoms with Gasteiger partial charge < -0.3 is 14.9 Å². The number of carboxylic acid groups (broad SMARTS) is 1. The highest BCUT2D eigenvalue weighted by Gasteiger charge is 2.24. The maximum atomic E-state index is 11.1. The van der Waals surface area contributed by atoms with Crippen molar-refractivity contribution in [1.29, 1.82) is 0 Å². The Kier molecular flexibility index (Phi) is 4.73. The maximum absolute atomic E-state index is 11.1. The SMILES string of the molecule is CCC(O)(CC)COc1c(C)cccc1C(=O)O. The minimum Gasteiger partial charge on any atom is -0.489 e. The number of rotatable bonds is 6. The van der Waals surface area contributed by atoms with Crippen molar-refractivity contribution < 1.29 is 19.7 Å². The summed E-state index contributed by atoms with van der Waals surface area (Å²) in [5.74, 6) is -0.685. The number of ether oxygens (including phenoxy) is 1. The van der Waals surface area contributed by atoms with E-state index < -0.39 is 11.6 Å². The summed E-state index contributed by atoms with van der Waals surface area (Å²) in [5, 5.41) is 19.2. The van der Waals surface area contributed by atoms with Gasteiger partial charge in [-0.15, -0.1) is 0 Å². The first-order valence-electron chi connectivity index (χ1n) is 6.11. The Labute approximate surface area is 107 Å². The zero-order valence-corrected chi connectivity index (χ0v) is 11.1. The van der Waals surface area contributed by atoms with Crippen LogP contribution in [0.15, 0.2) is 18.2 Å².